The van der Waals surface area contributed by atoms with Crippen molar-refractivity contribution in [1.82, 2.24) is 0 Å². The van der Waals surface area contributed by atoms with Crippen LogP contribution in [0.25, 0.3) is 0 Å². The molecule has 0 aromatic heterocycles. The molecular weight excluding hydrogens is 309 g/mol. The number of carbonyl (C=O) groups is 1. The molecule has 0 bridgehead atoms. The third kappa shape index (κ3) is 4.11. The zero-order valence-corrected chi connectivity index (χ0v) is 12.9. The van der Waals surface area contributed by atoms with Crippen LogP contribution in [0.2, 0.25) is 5.02 Å². The summed E-state index contributed by atoms with van der Waals surface area (Å²) in [5.74, 6) is 0.101. The molecule has 22 heavy (non-hydrogen) atoms. The molecule has 0 aliphatic heterocycles. The van der Waals surface area contributed by atoms with E-state index in [0.717, 1.165) is 5.56 Å². The Kier molecular flexibility index (Phi) is 5.22. The highest BCUT2D eigenvalue weighted by molar-refractivity contribution is 6.31. The number of nitrogens with one attached hydrogen (secondary N) is 1. The molecule has 116 valence electrons. The third-order valence-corrected chi connectivity index (χ3v) is 3.17. The van der Waals surface area contributed by atoms with Crippen LogP contribution in [0.15, 0.2) is 36.4 Å². The van der Waals surface area contributed by atoms with Crippen molar-refractivity contribution in [2.75, 3.05) is 19.0 Å². The van der Waals surface area contributed by atoms with Gasteiger partial charge in [-0.2, -0.15) is 0 Å². The van der Waals surface area contributed by atoms with Gasteiger partial charge in [0.25, 0.3) is 5.91 Å². The molecule has 4 nitrogen and oxygen atoms in total. The van der Waals surface area contributed by atoms with Gasteiger partial charge in [-0.15, -0.1) is 0 Å². The number of halogens is 2. The van der Waals surface area contributed by atoms with Crippen LogP contribution < -0.4 is 14.8 Å². The second-order valence-corrected chi connectivity index (χ2v) is 5.03. The van der Waals surface area contributed by atoms with Gasteiger partial charge in [0, 0.05) is 5.69 Å². The summed E-state index contributed by atoms with van der Waals surface area (Å²) in [6, 6.07) is 9.34. The Balaban J connectivity index is 1.96. The SMILES string of the molecule is COc1cc(C)ccc1OCC(=O)Nc1ccc(F)c(Cl)c1. The number of benzene rings is 2. The Morgan fingerprint density at radius 2 is 2.00 bits per heavy atom. The van der Waals surface area contributed by atoms with Crippen LogP contribution in [0, 0.1) is 12.7 Å². The molecule has 1 N–H and O–H groups in total. The van der Waals surface area contributed by atoms with Crippen LogP contribution in [-0.4, -0.2) is 19.6 Å². The Labute approximate surface area is 132 Å². The van der Waals surface area contributed by atoms with E-state index in [-0.39, 0.29) is 17.5 Å². The van der Waals surface area contributed by atoms with E-state index in [1.54, 1.807) is 6.07 Å². The topological polar surface area (TPSA) is 47.6 Å². The number of amides is 1. The van der Waals surface area contributed by atoms with E-state index in [4.69, 9.17) is 21.1 Å². The molecule has 2 rings (SSSR count). The summed E-state index contributed by atoms with van der Waals surface area (Å²) >= 11 is 5.65. The molecule has 0 spiro atoms. The lowest BCUT2D eigenvalue weighted by molar-refractivity contribution is -0.118. The molecule has 0 aliphatic carbocycles. The number of carbonyl (C=O) groups excluding carboxylic acids is 1. The first-order valence-corrected chi connectivity index (χ1v) is 6.89. The van der Waals surface area contributed by atoms with Crippen LogP contribution in [0.1, 0.15) is 5.56 Å². The molecule has 0 aliphatic rings. The number of hydrogen-bond donors (Lipinski definition) is 1. The predicted octanol–water partition coefficient (Wildman–Crippen LogP) is 3.81. The fourth-order valence-electron chi connectivity index (χ4n) is 1.81. The highest BCUT2D eigenvalue weighted by Crippen LogP contribution is 2.27. The van der Waals surface area contributed by atoms with Gasteiger partial charge in [0.1, 0.15) is 5.82 Å². The fourth-order valence-corrected chi connectivity index (χ4v) is 1.99. The molecular formula is C16H15ClFNO3. The van der Waals surface area contributed by atoms with Crippen molar-refractivity contribution < 1.29 is 18.7 Å². The van der Waals surface area contributed by atoms with E-state index in [1.807, 2.05) is 19.1 Å². The van der Waals surface area contributed by atoms with E-state index in [2.05, 4.69) is 5.32 Å². The van der Waals surface area contributed by atoms with Crippen molar-refractivity contribution in [2.24, 2.45) is 0 Å². The zero-order chi connectivity index (χ0) is 16.1. The van der Waals surface area contributed by atoms with Crippen molar-refractivity contribution >= 4 is 23.2 Å². The van der Waals surface area contributed by atoms with Crippen LogP contribution in [0.5, 0.6) is 11.5 Å². The first-order valence-electron chi connectivity index (χ1n) is 6.52. The molecule has 2 aromatic carbocycles. The van der Waals surface area contributed by atoms with E-state index < -0.39 is 5.82 Å². The maximum absolute atomic E-state index is 13.0. The van der Waals surface area contributed by atoms with Gasteiger partial charge in [-0.05, 0) is 42.8 Å². The Morgan fingerprint density at radius 3 is 2.68 bits per heavy atom. The van der Waals surface area contributed by atoms with Gasteiger partial charge in [-0.25, -0.2) is 4.39 Å². The van der Waals surface area contributed by atoms with E-state index in [1.165, 1.54) is 25.3 Å². The maximum atomic E-state index is 13.0. The summed E-state index contributed by atoms with van der Waals surface area (Å²) in [5.41, 5.74) is 1.42. The second kappa shape index (κ2) is 7.13. The lowest BCUT2D eigenvalue weighted by Crippen LogP contribution is -2.20. The van der Waals surface area contributed by atoms with E-state index >= 15 is 0 Å². The zero-order valence-electron chi connectivity index (χ0n) is 12.2. The predicted molar refractivity (Wildman–Crippen MR) is 83.3 cm³/mol. The van der Waals surface area contributed by atoms with E-state index in [0.29, 0.717) is 17.2 Å². The summed E-state index contributed by atoms with van der Waals surface area (Å²) in [6.07, 6.45) is 0. The number of ether oxygens (including phenoxy) is 2. The van der Waals surface area contributed by atoms with Gasteiger partial charge in [-0.1, -0.05) is 17.7 Å². The van der Waals surface area contributed by atoms with Gasteiger partial charge in [0.15, 0.2) is 18.1 Å². The fraction of sp³-hybridized carbons (Fsp3) is 0.188. The summed E-state index contributed by atoms with van der Waals surface area (Å²) in [6.45, 7) is 1.73. The molecule has 0 saturated heterocycles. The minimum atomic E-state index is -0.541. The maximum Gasteiger partial charge on any atom is 0.262 e. The van der Waals surface area contributed by atoms with Crippen LogP contribution in [0.4, 0.5) is 10.1 Å². The number of anilines is 1. The van der Waals surface area contributed by atoms with Crippen molar-refractivity contribution in [2.45, 2.75) is 6.92 Å². The van der Waals surface area contributed by atoms with Crippen molar-refractivity contribution in [1.29, 1.82) is 0 Å². The van der Waals surface area contributed by atoms with Crippen LogP contribution >= 0.6 is 11.6 Å². The summed E-state index contributed by atoms with van der Waals surface area (Å²) in [7, 11) is 1.53. The summed E-state index contributed by atoms with van der Waals surface area (Å²) < 4.78 is 23.7. The second-order valence-electron chi connectivity index (χ2n) is 4.62. The first-order chi connectivity index (χ1) is 10.5. The minimum Gasteiger partial charge on any atom is -0.493 e. The normalized spacial score (nSPS) is 10.2. The van der Waals surface area contributed by atoms with Gasteiger partial charge in [-0.3, -0.25) is 4.79 Å². The average molecular weight is 324 g/mol. The molecule has 0 fully saturated rings. The average Bonchev–Trinajstić information content (AvgIpc) is 2.49. The number of methoxy groups -OCH3 is 1. The first kappa shape index (κ1) is 16.1. The standard InChI is InChI=1S/C16H15ClFNO3/c1-10-3-6-14(15(7-10)21-2)22-9-16(20)19-11-4-5-13(18)12(17)8-11/h3-8H,9H2,1-2H3,(H,19,20). The Bertz CT molecular complexity index is 691. The monoisotopic (exact) mass is 323 g/mol. The van der Waals surface area contributed by atoms with Gasteiger partial charge < -0.3 is 14.8 Å². The van der Waals surface area contributed by atoms with E-state index in [9.17, 15) is 9.18 Å². The molecule has 6 heteroatoms. The number of hydrogen-bond acceptors (Lipinski definition) is 3. The summed E-state index contributed by atoms with van der Waals surface area (Å²) in [5, 5.41) is 2.52. The Hall–Kier alpha value is -2.27. The van der Waals surface area contributed by atoms with Crippen molar-refractivity contribution in [3.63, 3.8) is 0 Å². The van der Waals surface area contributed by atoms with Gasteiger partial charge in [0.2, 0.25) is 0 Å². The molecule has 0 radical (unpaired) electrons. The molecule has 0 heterocycles. The lowest BCUT2D eigenvalue weighted by Gasteiger charge is -2.11. The number of rotatable bonds is 5. The third-order valence-electron chi connectivity index (χ3n) is 2.88. The molecule has 0 saturated carbocycles. The molecule has 1 amide bonds. The molecule has 0 unspecified atom stereocenters. The smallest absolute Gasteiger partial charge is 0.262 e. The molecule has 2 aromatic rings. The quantitative estimate of drug-likeness (QED) is 0.910. The molecule has 0 atom stereocenters. The highest BCUT2D eigenvalue weighted by Gasteiger charge is 2.09. The minimum absolute atomic E-state index is 0.0566. The van der Waals surface area contributed by atoms with Crippen LogP contribution in [0.3, 0.4) is 0 Å². The lowest BCUT2D eigenvalue weighted by atomic mass is 10.2. The van der Waals surface area contributed by atoms with Crippen molar-refractivity contribution in [3.8, 4) is 11.5 Å². The van der Waals surface area contributed by atoms with Crippen molar-refractivity contribution in [3.05, 3.63) is 52.8 Å². The van der Waals surface area contributed by atoms with Gasteiger partial charge >= 0.3 is 0 Å². The highest BCUT2D eigenvalue weighted by atomic mass is 35.5. The Morgan fingerprint density at radius 1 is 1.23 bits per heavy atom. The summed E-state index contributed by atoms with van der Waals surface area (Å²) in [4.78, 5) is 11.8. The van der Waals surface area contributed by atoms with Crippen LogP contribution in [-0.2, 0) is 4.79 Å². The number of aryl methyl sites for hydroxylation is 1. The largest absolute Gasteiger partial charge is 0.493 e. The van der Waals surface area contributed by atoms with Gasteiger partial charge in [0.05, 0.1) is 12.1 Å².